The Morgan fingerprint density at radius 3 is 1.00 bits per heavy atom. The van der Waals surface area contributed by atoms with Gasteiger partial charge in [-0.15, -0.1) is 33.2 Å². The minimum Gasteiger partial charge on any atom is -0.216 e. The van der Waals surface area contributed by atoms with Crippen molar-refractivity contribution in [2.24, 2.45) is 0 Å². The summed E-state index contributed by atoms with van der Waals surface area (Å²) < 4.78 is 254. The number of halogens is 22. The Labute approximate surface area is 211 Å². The van der Waals surface area contributed by atoms with E-state index in [1.54, 1.807) is 0 Å². The van der Waals surface area contributed by atoms with E-state index < -0.39 is 70.3 Å². The first kappa shape index (κ1) is 35.0. The van der Waals surface area contributed by atoms with Crippen molar-refractivity contribution in [2.75, 3.05) is 0 Å². The van der Waals surface area contributed by atoms with Crippen LogP contribution in [0.2, 0.25) is 0 Å². The SMILES string of the molecule is FC(F)(F)C(F)(C(F)(F)F)C(F)(F)C(F)(F)C(F)(F)C(F)(F)C(F)(F)C(F)(F)c1ccc([Si](Cl)(Cl)Cl)cc1. The quantitative estimate of drug-likeness (QED) is 0.147. The average molecular weight is 680 g/mol. The molecule has 38 heavy (non-hydrogen) atoms. The van der Waals surface area contributed by atoms with Crippen LogP contribution in [0.4, 0.5) is 83.4 Å². The molecule has 1 aromatic rings. The van der Waals surface area contributed by atoms with Gasteiger partial charge in [-0.3, -0.25) is 0 Å². The third-order valence-electron chi connectivity index (χ3n) is 4.76. The molecule has 0 atom stereocenters. The maximum Gasteiger partial charge on any atom is 0.438 e. The first-order valence-electron chi connectivity index (χ1n) is 8.48. The second kappa shape index (κ2) is 9.25. The van der Waals surface area contributed by atoms with Gasteiger partial charge < -0.3 is 0 Å². The Morgan fingerprint density at radius 2 is 0.711 bits per heavy atom. The summed E-state index contributed by atoms with van der Waals surface area (Å²) in [5.41, 5.74) is -11.3. The van der Waals surface area contributed by atoms with Crippen molar-refractivity contribution in [1.29, 1.82) is 0 Å². The van der Waals surface area contributed by atoms with Crippen LogP contribution in [0.25, 0.3) is 0 Å². The molecule has 0 radical (unpaired) electrons. The molecule has 1 rings (SSSR count). The van der Waals surface area contributed by atoms with Crippen molar-refractivity contribution in [3.8, 4) is 0 Å². The maximum absolute atomic E-state index is 14.2. The molecule has 0 aliphatic heterocycles. The third-order valence-corrected chi connectivity index (χ3v) is 7.71. The lowest BCUT2D eigenvalue weighted by Crippen LogP contribution is -2.77. The Morgan fingerprint density at radius 1 is 0.421 bits per heavy atom. The van der Waals surface area contributed by atoms with Crippen molar-refractivity contribution in [3.63, 3.8) is 0 Å². The van der Waals surface area contributed by atoms with Crippen LogP contribution in [0.5, 0.6) is 0 Å². The van der Waals surface area contributed by atoms with Crippen LogP contribution >= 0.6 is 33.2 Å². The molecule has 0 fully saturated rings. The molecule has 0 aliphatic carbocycles. The second-order valence-electron chi connectivity index (χ2n) is 7.18. The van der Waals surface area contributed by atoms with E-state index in [0.717, 1.165) is 0 Å². The molecule has 1 aromatic carbocycles. The predicted octanol–water partition coefficient (Wildman–Crippen LogP) is 8.65. The fourth-order valence-corrected chi connectivity index (χ4v) is 4.25. The normalized spacial score (nSPS) is 16.2. The molecular formula is C15H4Cl3F19Si. The van der Waals surface area contributed by atoms with E-state index in [4.69, 9.17) is 33.2 Å². The van der Waals surface area contributed by atoms with Crippen LogP contribution in [-0.2, 0) is 5.92 Å². The highest BCUT2D eigenvalue weighted by atomic mass is 35.8. The smallest absolute Gasteiger partial charge is 0.216 e. The van der Waals surface area contributed by atoms with E-state index in [9.17, 15) is 83.4 Å². The van der Waals surface area contributed by atoms with Crippen molar-refractivity contribution in [3.05, 3.63) is 29.8 Å². The summed E-state index contributed by atoms with van der Waals surface area (Å²) in [5, 5.41) is -0.549. The molecule has 0 spiro atoms. The zero-order chi connectivity index (χ0) is 31.0. The van der Waals surface area contributed by atoms with Crippen LogP contribution in [0.15, 0.2) is 24.3 Å². The topological polar surface area (TPSA) is 0 Å². The summed E-state index contributed by atoms with van der Waals surface area (Å²) in [7, 11) is 0. The first-order chi connectivity index (χ1) is 16.2. The lowest BCUT2D eigenvalue weighted by Gasteiger charge is -2.45. The molecule has 222 valence electrons. The zero-order valence-corrected chi connectivity index (χ0v) is 19.9. The number of alkyl halides is 19. The number of rotatable bonds is 8. The highest BCUT2D eigenvalue weighted by molar-refractivity contribution is 7.69. The van der Waals surface area contributed by atoms with Gasteiger partial charge in [0.2, 0.25) is 0 Å². The van der Waals surface area contributed by atoms with E-state index in [1.165, 1.54) is 0 Å². The highest BCUT2D eigenvalue weighted by Crippen LogP contribution is 2.66. The molecule has 0 heterocycles. The van der Waals surface area contributed by atoms with E-state index in [0.29, 0.717) is 0 Å². The van der Waals surface area contributed by atoms with Gasteiger partial charge in [0.05, 0.1) is 0 Å². The molecule has 0 bridgehead atoms. The summed E-state index contributed by atoms with van der Waals surface area (Å²) in [5.74, 6) is -50.4. The fourth-order valence-electron chi connectivity index (χ4n) is 2.57. The van der Waals surface area contributed by atoms with Gasteiger partial charge in [0, 0.05) is 5.56 Å². The number of benzene rings is 1. The largest absolute Gasteiger partial charge is 0.438 e. The van der Waals surface area contributed by atoms with E-state index in [-0.39, 0.29) is 24.3 Å². The van der Waals surface area contributed by atoms with E-state index in [2.05, 4.69) is 0 Å². The first-order valence-corrected chi connectivity index (χ1v) is 13.5. The Kier molecular flexibility index (Phi) is 8.52. The lowest BCUT2D eigenvalue weighted by molar-refractivity contribution is -0.473. The van der Waals surface area contributed by atoms with Crippen LogP contribution in [-0.4, -0.2) is 53.6 Å². The summed E-state index contributed by atoms with van der Waals surface area (Å²) in [6.45, 7) is 0. The van der Waals surface area contributed by atoms with Gasteiger partial charge in [0.25, 0.3) is 0 Å². The van der Waals surface area contributed by atoms with E-state index >= 15 is 0 Å². The van der Waals surface area contributed by atoms with Crippen LogP contribution in [0.3, 0.4) is 0 Å². The lowest BCUT2D eigenvalue weighted by atomic mass is 9.83. The fraction of sp³-hybridized carbons (Fsp3) is 0.600. The van der Waals surface area contributed by atoms with Gasteiger partial charge in [-0.25, -0.2) is 4.39 Å². The molecule has 0 aromatic heterocycles. The summed E-state index contributed by atoms with van der Waals surface area (Å²) in [6.07, 6.45) is -16.6. The maximum atomic E-state index is 14.2. The predicted molar refractivity (Wildman–Crippen MR) is 94.0 cm³/mol. The average Bonchev–Trinajstić information content (AvgIpc) is 2.69. The Balaban J connectivity index is 3.83. The highest BCUT2D eigenvalue weighted by Gasteiger charge is 2.98. The van der Waals surface area contributed by atoms with E-state index in [1.807, 2.05) is 0 Å². The van der Waals surface area contributed by atoms with Crippen molar-refractivity contribution >= 4 is 44.4 Å². The van der Waals surface area contributed by atoms with Gasteiger partial charge in [-0.1, -0.05) is 24.3 Å². The molecule has 0 amide bonds. The molecular weight excluding hydrogens is 676 g/mol. The second-order valence-corrected chi connectivity index (χ2v) is 15.6. The van der Waals surface area contributed by atoms with Crippen LogP contribution in [0, 0.1) is 0 Å². The Hall–Kier alpha value is -1.02. The number of hydrogen-bond donors (Lipinski definition) is 0. The van der Waals surface area contributed by atoms with Crippen molar-refractivity contribution in [2.45, 2.75) is 53.6 Å². The summed E-state index contributed by atoms with van der Waals surface area (Å²) in [6, 6.07) is -4.23. The van der Waals surface area contributed by atoms with Gasteiger partial charge >= 0.3 is 59.6 Å². The Bertz CT molecular complexity index is 992. The minimum atomic E-state index is -9.06. The summed E-state index contributed by atoms with van der Waals surface area (Å²) >= 11 is 16.2. The minimum absolute atomic E-state index is 0.210. The van der Waals surface area contributed by atoms with Gasteiger partial charge in [0.15, 0.2) is 0 Å². The van der Waals surface area contributed by atoms with Gasteiger partial charge in [-0.2, -0.15) is 79.0 Å². The summed E-state index contributed by atoms with van der Waals surface area (Å²) in [4.78, 5) is 0. The standard InChI is InChI=1S/C15H4Cl3F19Si/c16-38(17,18)6-3-1-5(2-4-6)7(19,20)9(22,23)11(26,27)13(30,31)12(28,29)10(24,25)8(21,14(32,33)34)15(35,36)37/h1-4H. The molecule has 0 N–H and O–H groups in total. The molecule has 23 heteroatoms. The molecule has 0 nitrogen and oxygen atoms in total. The van der Waals surface area contributed by atoms with Gasteiger partial charge in [0.1, 0.15) is 0 Å². The van der Waals surface area contributed by atoms with Crippen LogP contribution < -0.4 is 5.19 Å². The van der Waals surface area contributed by atoms with Crippen molar-refractivity contribution in [1.82, 2.24) is 0 Å². The molecule has 0 saturated heterocycles. The van der Waals surface area contributed by atoms with Crippen molar-refractivity contribution < 1.29 is 83.4 Å². The molecule has 0 aliphatic rings. The molecule has 0 unspecified atom stereocenters. The number of hydrogen-bond acceptors (Lipinski definition) is 0. The zero-order valence-electron chi connectivity index (χ0n) is 16.6. The third kappa shape index (κ3) is 4.67. The monoisotopic (exact) mass is 678 g/mol. The molecule has 0 saturated carbocycles. The van der Waals surface area contributed by atoms with Gasteiger partial charge in [-0.05, 0) is 5.19 Å². The van der Waals surface area contributed by atoms with Crippen LogP contribution in [0.1, 0.15) is 5.56 Å².